The van der Waals surface area contributed by atoms with Crippen LogP contribution in [0.4, 0.5) is 0 Å². The summed E-state index contributed by atoms with van der Waals surface area (Å²) >= 11 is 0. The summed E-state index contributed by atoms with van der Waals surface area (Å²) in [6, 6.07) is 0.0519. The Morgan fingerprint density at radius 2 is 2.50 bits per heavy atom. The summed E-state index contributed by atoms with van der Waals surface area (Å²) in [5, 5.41) is 5.98. The molecule has 0 aromatic rings. The van der Waals surface area contributed by atoms with Crippen molar-refractivity contribution in [2.24, 2.45) is 16.8 Å². The van der Waals surface area contributed by atoms with Gasteiger partial charge in [0.05, 0.1) is 12.6 Å². The molecular weight excluding hydrogens is 178 g/mol. The highest BCUT2D eigenvalue weighted by Crippen LogP contribution is 2.27. The fourth-order valence-corrected chi connectivity index (χ4v) is 1.91. The van der Waals surface area contributed by atoms with E-state index in [-0.39, 0.29) is 24.3 Å². The Hall–Kier alpha value is -1.42. The van der Waals surface area contributed by atoms with E-state index in [1.807, 2.05) is 36.5 Å². The molecule has 2 unspecified atom stereocenters. The number of allylic oxidation sites excluding steroid dienone is 2. The third-order valence-corrected chi connectivity index (χ3v) is 2.62. The lowest BCUT2D eigenvalue weighted by Gasteiger charge is -2.26. The molecule has 1 heterocycles. The second kappa shape index (κ2) is 3.38. The van der Waals surface area contributed by atoms with E-state index < -0.39 is 0 Å². The summed E-state index contributed by atoms with van der Waals surface area (Å²) in [4.78, 5) is 11.5. The zero-order valence-corrected chi connectivity index (χ0v) is 8.05. The van der Waals surface area contributed by atoms with Crippen LogP contribution in [0.15, 0.2) is 28.9 Å². The molecule has 2 N–H and O–H groups in total. The van der Waals surface area contributed by atoms with Gasteiger partial charge in [-0.3, -0.25) is 9.80 Å². The zero-order chi connectivity index (χ0) is 10.1. The van der Waals surface area contributed by atoms with Crippen LogP contribution < -0.4 is 5.73 Å². The van der Waals surface area contributed by atoms with Gasteiger partial charge >= 0.3 is 0 Å². The van der Waals surface area contributed by atoms with E-state index in [2.05, 4.69) is 5.10 Å². The molecule has 2 aliphatic rings. The minimum Gasteiger partial charge on any atom is -0.324 e. The van der Waals surface area contributed by atoms with E-state index in [4.69, 9.17) is 5.73 Å². The molecule has 14 heavy (non-hydrogen) atoms. The van der Waals surface area contributed by atoms with Crippen molar-refractivity contribution in [2.45, 2.75) is 6.04 Å². The summed E-state index contributed by atoms with van der Waals surface area (Å²) < 4.78 is 0. The van der Waals surface area contributed by atoms with Gasteiger partial charge < -0.3 is 5.73 Å². The van der Waals surface area contributed by atoms with Gasteiger partial charge in [0, 0.05) is 24.8 Å². The Morgan fingerprint density at radius 3 is 3.21 bits per heavy atom. The van der Waals surface area contributed by atoms with Crippen LogP contribution >= 0.6 is 0 Å². The van der Waals surface area contributed by atoms with E-state index >= 15 is 0 Å². The van der Waals surface area contributed by atoms with Crippen molar-refractivity contribution in [1.29, 1.82) is 0 Å². The molecule has 0 radical (unpaired) electrons. The van der Waals surface area contributed by atoms with Crippen LogP contribution in [-0.4, -0.2) is 36.6 Å². The Bertz CT molecular complexity index is 343. The van der Waals surface area contributed by atoms with Gasteiger partial charge in [-0.05, 0) is 0 Å². The topological polar surface area (TPSA) is 58.7 Å². The van der Waals surface area contributed by atoms with Crippen LogP contribution in [-0.2, 0) is 4.79 Å². The molecule has 74 valence electrons. The van der Waals surface area contributed by atoms with E-state index in [1.165, 1.54) is 0 Å². The van der Waals surface area contributed by atoms with E-state index in [1.54, 1.807) is 0 Å². The van der Waals surface area contributed by atoms with Crippen molar-refractivity contribution in [3.63, 3.8) is 0 Å². The predicted octanol–water partition coefficient (Wildman–Crippen LogP) is -0.0736. The van der Waals surface area contributed by atoms with Crippen molar-refractivity contribution in [3.8, 4) is 0 Å². The first-order chi connectivity index (χ1) is 6.74. The maximum atomic E-state index is 11.5. The Kier molecular flexibility index (Phi) is 2.21. The minimum absolute atomic E-state index is 0.00157. The number of hydrogen-bond acceptors (Lipinski definition) is 4. The molecule has 1 aliphatic heterocycles. The molecule has 0 saturated carbocycles. The van der Waals surface area contributed by atoms with E-state index in [0.717, 1.165) is 5.57 Å². The SMILES string of the molecule is CN1N=CC2C=CC=C(C(=O)CN)C21. The number of ketones is 1. The second-order valence-electron chi connectivity index (χ2n) is 3.49. The predicted molar refractivity (Wildman–Crippen MR) is 54.8 cm³/mol. The summed E-state index contributed by atoms with van der Waals surface area (Å²) in [6.07, 6.45) is 7.64. The lowest BCUT2D eigenvalue weighted by atomic mass is 9.87. The number of nitrogens with two attached hydrogens (primary N) is 1. The molecule has 2 rings (SSSR count). The summed E-state index contributed by atoms with van der Waals surface area (Å²) in [5.41, 5.74) is 6.12. The maximum absolute atomic E-state index is 11.5. The van der Waals surface area contributed by atoms with Crippen molar-refractivity contribution in [2.75, 3.05) is 13.6 Å². The monoisotopic (exact) mass is 191 g/mol. The molecule has 0 aromatic heterocycles. The van der Waals surface area contributed by atoms with Gasteiger partial charge in [-0.25, -0.2) is 0 Å². The number of hydrogen-bond donors (Lipinski definition) is 1. The second-order valence-corrected chi connectivity index (χ2v) is 3.49. The summed E-state index contributed by atoms with van der Waals surface area (Å²) in [7, 11) is 1.87. The molecule has 0 spiro atoms. The van der Waals surface area contributed by atoms with Crippen LogP contribution in [0.25, 0.3) is 0 Å². The molecule has 0 amide bonds. The van der Waals surface area contributed by atoms with Crippen LogP contribution in [0, 0.1) is 5.92 Å². The Labute approximate surface area is 82.8 Å². The third kappa shape index (κ3) is 1.28. The molecule has 0 fully saturated rings. The molecule has 4 heteroatoms. The normalized spacial score (nSPS) is 29.0. The molecular formula is C10H13N3O. The summed E-state index contributed by atoms with van der Waals surface area (Å²) in [5.74, 6) is 0.220. The number of Topliss-reactive ketones (excluding diaryl/α,β-unsaturated/α-hetero) is 1. The van der Waals surface area contributed by atoms with Gasteiger partial charge in [0.2, 0.25) is 0 Å². The Morgan fingerprint density at radius 1 is 1.71 bits per heavy atom. The van der Waals surface area contributed by atoms with Crippen LogP contribution in [0.3, 0.4) is 0 Å². The summed E-state index contributed by atoms with van der Waals surface area (Å²) in [6.45, 7) is 0.0662. The highest BCUT2D eigenvalue weighted by molar-refractivity contribution is 5.99. The van der Waals surface area contributed by atoms with E-state index in [0.29, 0.717) is 0 Å². The number of nitrogens with zero attached hydrogens (tertiary/aromatic N) is 2. The molecule has 1 aliphatic carbocycles. The van der Waals surface area contributed by atoms with Crippen LogP contribution in [0.5, 0.6) is 0 Å². The standard InChI is InChI=1S/C10H13N3O/c1-13-10-7(6-12-13)3-2-4-8(10)9(14)5-11/h2-4,6-7,10H,5,11H2,1H3. The number of fused-ring (bicyclic) bond motifs is 1. The average molecular weight is 191 g/mol. The number of carbonyl (C=O) groups excluding carboxylic acids is 1. The first kappa shape index (κ1) is 9.15. The number of carbonyl (C=O) groups is 1. The molecule has 0 saturated heterocycles. The molecule has 0 bridgehead atoms. The Balaban J connectivity index is 2.29. The van der Waals surface area contributed by atoms with Gasteiger partial charge in [-0.1, -0.05) is 18.2 Å². The van der Waals surface area contributed by atoms with Gasteiger partial charge in [0.15, 0.2) is 5.78 Å². The van der Waals surface area contributed by atoms with Crippen molar-refractivity contribution >= 4 is 12.0 Å². The minimum atomic E-state index is 0.00157. The smallest absolute Gasteiger partial charge is 0.174 e. The zero-order valence-electron chi connectivity index (χ0n) is 8.05. The number of likely N-dealkylation sites (N-methyl/N-ethyl adjacent to an activating group) is 1. The highest BCUT2D eigenvalue weighted by Gasteiger charge is 2.34. The van der Waals surface area contributed by atoms with Gasteiger partial charge in [-0.15, -0.1) is 0 Å². The molecule has 2 atom stereocenters. The first-order valence-electron chi connectivity index (χ1n) is 4.62. The van der Waals surface area contributed by atoms with E-state index in [9.17, 15) is 4.79 Å². The molecule has 0 aromatic carbocycles. The number of rotatable bonds is 2. The molecule has 4 nitrogen and oxygen atoms in total. The first-order valence-corrected chi connectivity index (χ1v) is 4.62. The van der Waals surface area contributed by atoms with Gasteiger partial charge in [-0.2, -0.15) is 5.10 Å². The largest absolute Gasteiger partial charge is 0.324 e. The lowest BCUT2D eigenvalue weighted by Crippen LogP contribution is -2.37. The van der Waals surface area contributed by atoms with Gasteiger partial charge in [0.25, 0.3) is 0 Å². The van der Waals surface area contributed by atoms with Gasteiger partial charge in [0.1, 0.15) is 0 Å². The van der Waals surface area contributed by atoms with Crippen LogP contribution in [0.1, 0.15) is 0 Å². The highest BCUT2D eigenvalue weighted by atomic mass is 16.1. The fraction of sp³-hybridized carbons (Fsp3) is 0.400. The lowest BCUT2D eigenvalue weighted by molar-refractivity contribution is -0.115. The third-order valence-electron chi connectivity index (χ3n) is 2.62. The van der Waals surface area contributed by atoms with Crippen molar-refractivity contribution in [1.82, 2.24) is 5.01 Å². The quantitative estimate of drug-likeness (QED) is 0.664. The average Bonchev–Trinajstić information content (AvgIpc) is 2.59. The maximum Gasteiger partial charge on any atom is 0.174 e. The van der Waals surface area contributed by atoms with Crippen molar-refractivity contribution in [3.05, 3.63) is 23.8 Å². The van der Waals surface area contributed by atoms with Crippen molar-refractivity contribution < 1.29 is 4.79 Å². The fourth-order valence-electron chi connectivity index (χ4n) is 1.91. The number of hydrazone groups is 1. The van der Waals surface area contributed by atoms with Crippen LogP contribution in [0.2, 0.25) is 0 Å².